The van der Waals surface area contributed by atoms with Crippen LogP contribution in [0.15, 0.2) is 67.3 Å². The number of anilines is 1. The number of aromatic amines is 2. The van der Waals surface area contributed by atoms with Crippen LogP contribution in [0, 0.1) is 5.13 Å². The lowest BCUT2D eigenvalue weighted by Crippen LogP contribution is -2.11. The summed E-state index contributed by atoms with van der Waals surface area (Å²) in [5, 5.41) is 12.3. The summed E-state index contributed by atoms with van der Waals surface area (Å²) in [4.78, 5) is 25.1. The standard InChI is InChI=1S/C28H23FN6OS/c1-2-3-4-27(36)32-18-9-17(12-30-13-18)16-5-6-22-20(10-16)28(35-34-22)23-11-19-21(14-31-15-24(19)33-23)25-7-8-26(29)37-25/h5-15,33H,2-4H2,1H3,(H,32,36)(H,34,35). The molecule has 9 heteroatoms. The number of pyridine rings is 2. The third-order valence-corrected chi connectivity index (χ3v) is 7.22. The monoisotopic (exact) mass is 510 g/mol. The minimum Gasteiger partial charge on any atom is -0.352 e. The molecule has 0 saturated heterocycles. The third kappa shape index (κ3) is 4.49. The molecule has 7 nitrogen and oxygen atoms in total. The number of carbonyl (C=O) groups is 1. The van der Waals surface area contributed by atoms with Gasteiger partial charge in [-0.2, -0.15) is 9.49 Å². The molecule has 6 aromatic rings. The van der Waals surface area contributed by atoms with Gasteiger partial charge in [0, 0.05) is 45.6 Å². The van der Waals surface area contributed by atoms with Crippen LogP contribution in [-0.2, 0) is 4.79 Å². The number of benzene rings is 1. The summed E-state index contributed by atoms with van der Waals surface area (Å²) in [6, 6.07) is 13.2. The number of hydrogen-bond acceptors (Lipinski definition) is 5. The molecule has 6 rings (SSSR count). The molecule has 0 spiro atoms. The number of halogens is 1. The van der Waals surface area contributed by atoms with Gasteiger partial charge in [-0.15, -0.1) is 11.3 Å². The van der Waals surface area contributed by atoms with Crippen LogP contribution in [0.4, 0.5) is 10.1 Å². The fourth-order valence-corrected chi connectivity index (χ4v) is 5.21. The Bertz CT molecular complexity index is 1750. The number of unbranched alkanes of at least 4 members (excludes halogenated alkanes) is 1. The molecule has 0 aliphatic heterocycles. The average Bonchev–Trinajstić information content (AvgIpc) is 3.64. The molecule has 0 bridgehead atoms. The number of nitrogens with zero attached hydrogens (tertiary/aromatic N) is 3. The van der Waals surface area contributed by atoms with Crippen molar-refractivity contribution in [2.24, 2.45) is 0 Å². The summed E-state index contributed by atoms with van der Waals surface area (Å²) in [5.41, 5.74) is 6.75. The highest BCUT2D eigenvalue weighted by molar-refractivity contribution is 7.14. The van der Waals surface area contributed by atoms with Gasteiger partial charge < -0.3 is 10.3 Å². The van der Waals surface area contributed by atoms with Crippen LogP contribution < -0.4 is 5.32 Å². The van der Waals surface area contributed by atoms with Gasteiger partial charge in [0.15, 0.2) is 5.13 Å². The maximum atomic E-state index is 13.7. The van der Waals surface area contributed by atoms with Gasteiger partial charge in [-0.25, -0.2) is 0 Å². The number of H-pyrrole nitrogens is 2. The van der Waals surface area contributed by atoms with E-state index < -0.39 is 0 Å². The lowest BCUT2D eigenvalue weighted by Gasteiger charge is -2.07. The summed E-state index contributed by atoms with van der Waals surface area (Å²) in [6.07, 6.45) is 9.28. The minimum atomic E-state index is -0.229. The van der Waals surface area contributed by atoms with Gasteiger partial charge >= 0.3 is 0 Å². The SMILES string of the molecule is CCCCC(=O)Nc1cncc(-c2ccc3[nH]nc(-c4cc5c(-c6ccc(F)s6)cncc5[nH]4)c3c2)c1. The number of amides is 1. The van der Waals surface area contributed by atoms with Crippen molar-refractivity contribution in [1.82, 2.24) is 25.1 Å². The van der Waals surface area contributed by atoms with E-state index in [1.54, 1.807) is 30.9 Å². The van der Waals surface area contributed by atoms with Crippen LogP contribution >= 0.6 is 11.3 Å². The van der Waals surface area contributed by atoms with Crippen molar-refractivity contribution < 1.29 is 9.18 Å². The van der Waals surface area contributed by atoms with E-state index in [0.29, 0.717) is 12.1 Å². The highest BCUT2D eigenvalue weighted by Crippen LogP contribution is 2.36. The second-order valence-electron chi connectivity index (χ2n) is 8.88. The first-order valence-corrected chi connectivity index (χ1v) is 12.9. The van der Waals surface area contributed by atoms with Gasteiger partial charge in [-0.3, -0.25) is 19.9 Å². The topological polar surface area (TPSA) is 99.3 Å². The second-order valence-corrected chi connectivity index (χ2v) is 9.92. The first-order chi connectivity index (χ1) is 18.1. The van der Waals surface area contributed by atoms with E-state index in [1.165, 1.54) is 6.07 Å². The predicted octanol–water partition coefficient (Wildman–Crippen LogP) is 7.16. The van der Waals surface area contributed by atoms with E-state index in [-0.39, 0.29) is 11.0 Å². The number of aromatic nitrogens is 5. The Hall–Kier alpha value is -4.37. The van der Waals surface area contributed by atoms with Crippen LogP contribution in [-0.4, -0.2) is 31.1 Å². The van der Waals surface area contributed by atoms with Crippen molar-refractivity contribution in [3.8, 4) is 33.0 Å². The maximum absolute atomic E-state index is 13.7. The number of carbonyl (C=O) groups excluding carboxylic acids is 1. The molecule has 0 saturated carbocycles. The van der Waals surface area contributed by atoms with E-state index in [9.17, 15) is 9.18 Å². The van der Waals surface area contributed by atoms with Crippen molar-refractivity contribution in [1.29, 1.82) is 0 Å². The van der Waals surface area contributed by atoms with Gasteiger partial charge in [0.1, 0.15) is 5.69 Å². The largest absolute Gasteiger partial charge is 0.352 e. The highest BCUT2D eigenvalue weighted by Gasteiger charge is 2.16. The lowest BCUT2D eigenvalue weighted by molar-refractivity contribution is -0.116. The van der Waals surface area contributed by atoms with E-state index in [2.05, 4.69) is 43.5 Å². The summed E-state index contributed by atoms with van der Waals surface area (Å²) in [7, 11) is 0. The molecule has 0 aliphatic rings. The Morgan fingerprint density at radius 1 is 0.973 bits per heavy atom. The zero-order valence-corrected chi connectivity index (χ0v) is 20.8. The third-order valence-electron chi connectivity index (χ3n) is 6.31. The quantitative estimate of drug-likeness (QED) is 0.212. The Kier molecular flexibility index (Phi) is 5.97. The van der Waals surface area contributed by atoms with E-state index >= 15 is 0 Å². The first-order valence-electron chi connectivity index (χ1n) is 12.1. The van der Waals surface area contributed by atoms with Gasteiger partial charge in [-0.05, 0) is 48.4 Å². The van der Waals surface area contributed by atoms with Crippen LogP contribution in [0.3, 0.4) is 0 Å². The van der Waals surface area contributed by atoms with Crippen LogP contribution in [0.1, 0.15) is 26.2 Å². The number of hydrogen-bond donors (Lipinski definition) is 3. The molecule has 0 atom stereocenters. The normalized spacial score (nSPS) is 11.4. The van der Waals surface area contributed by atoms with Gasteiger partial charge in [-0.1, -0.05) is 19.4 Å². The number of rotatable bonds is 7. The van der Waals surface area contributed by atoms with Gasteiger partial charge in [0.25, 0.3) is 0 Å². The van der Waals surface area contributed by atoms with Crippen molar-refractivity contribution in [3.63, 3.8) is 0 Å². The smallest absolute Gasteiger partial charge is 0.224 e. The van der Waals surface area contributed by atoms with E-state index in [4.69, 9.17) is 0 Å². The van der Waals surface area contributed by atoms with Crippen LogP contribution in [0.2, 0.25) is 0 Å². The summed E-state index contributed by atoms with van der Waals surface area (Å²) < 4.78 is 13.7. The second kappa shape index (κ2) is 9.59. The Balaban J connectivity index is 1.37. The molecule has 0 fully saturated rings. The summed E-state index contributed by atoms with van der Waals surface area (Å²) in [5.74, 6) is -0.00803. The summed E-state index contributed by atoms with van der Waals surface area (Å²) in [6.45, 7) is 2.06. The molecule has 0 radical (unpaired) electrons. The van der Waals surface area contributed by atoms with Crippen molar-refractivity contribution in [2.75, 3.05) is 5.32 Å². The number of nitrogens with one attached hydrogen (secondary N) is 3. The molecule has 0 unspecified atom stereocenters. The molecular formula is C28H23FN6OS. The molecule has 0 aliphatic carbocycles. The van der Waals surface area contributed by atoms with Gasteiger partial charge in [0.2, 0.25) is 5.91 Å². The fraction of sp³-hybridized carbons (Fsp3) is 0.143. The Morgan fingerprint density at radius 2 is 1.86 bits per heavy atom. The fourth-order valence-electron chi connectivity index (χ4n) is 4.46. The molecule has 5 heterocycles. The average molecular weight is 511 g/mol. The number of thiophene rings is 1. The first kappa shape index (κ1) is 23.1. The molecular weight excluding hydrogens is 487 g/mol. The van der Waals surface area contributed by atoms with E-state index in [0.717, 1.165) is 78.9 Å². The van der Waals surface area contributed by atoms with Crippen molar-refractivity contribution in [2.45, 2.75) is 26.2 Å². The molecule has 1 amide bonds. The lowest BCUT2D eigenvalue weighted by atomic mass is 10.0. The van der Waals surface area contributed by atoms with Crippen molar-refractivity contribution in [3.05, 3.63) is 72.4 Å². The molecule has 5 aromatic heterocycles. The molecule has 1 aromatic carbocycles. The maximum Gasteiger partial charge on any atom is 0.224 e. The molecule has 184 valence electrons. The van der Waals surface area contributed by atoms with E-state index in [1.807, 2.05) is 24.3 Å². The molecule has 3 N–H and O–H groups in total. The highest BCUT2D eigenvalue weighted by atomic mass is 32.1. The van der Waals surface area contributed by atoms with Gasteiger partial charge in [0.05, 0.1) is 34.8 Å². The Labute approximate surface area is 215 Å². The zero-order valence-electron chi connectivity index (χ0n) is 20.0. The van der Waals surface area contributed by atoms with Crippen LogP contribution in [0.5, 0.6) is 0 Å². The van der Waals surface area contributed by atoms with Crippen molar-refractivity contribution >= 4 is 44.7 Å². The predicted molar refractivity (Wildman–Crippen MR) is 146 cm³/mol. The summed E-state index contributed by atoms with van der Waals surface area (Å²) >= 11 is 1.10. The minimum absolute atomic E-state index is 0.00803. The zero-order chi connectivity index (χ0) is 25.4. The molecule has 37 heavy (non-hydrogen) atoms. The Morgan fingerprint density at radius 3 is 2.70 bits per heavy atom. The number of fused-ring (bicyclic) bond motifs is 2. The van der Waals surface area contributed by atoms with Crippen LogP contribution in [0.25, 0.3) is 54.8 Å².